The third-order valence-corrected chi connectivity index (χ3v) is 4.56. The average molecular weight is 339 g/mol. The normalized spacial score (nSPS) is 20.1. The zero-order valence-electron chi connectivity index (χ0n) is 14.1. The standard InChI is InChI=1S/C20H21NO4/c1-20(19(23)24)11-6-12-21(14-20)18(22)15-7-5-10-17(13-15)25-16-8-3-2-4-9-16/h2-5,7-10,13H,6,11-12,14H2,1H3,(H,23,24). The van der Waals surface area contributed by atoms with Gasteiger partial charge in [-0.3, -0.25) is 9.59 Å². The molecule has 25 heavy (non-hydrogen) atoms. The number of amides is 1. The van der Waals surface area contributed by atoms with Gasteiger partial charge in [-0.1, -0.05) is 24.3 Å². The molecular weight excluding hydrogens is 318 g/mol. The average Bonchev–Trinajstić information content (AvgIpc) is 2.62. The molecule has 1 amide bonds. The van der Waals surface area contributed by atoms with Crippen molar-refractivity contribution in [2.24, 2.45) is 5.41 Å². The summed E-state index contributed by atoms with van der Waals surface area (Å²) in [5, 5.41) is 9.42. The van der Waals surface area contributed by atoms with Crippen molar-refractivity contribution in [1.82, 2.24) is 4.90 Å². The van der Waals surface area contributed by atoms with Crippen LogP contribution < -0.4 is 4.74 Å². The van der Waals surface area contributed by atoms with Gasteiger partial charge in [-0.05, 0) is 50.1 Å². The van der Waals surface area contributed by atoms with E-state index in [0.29, 0.717) is 36.4 Å². The minimum atomic E-state index is -0.883. The lowest BCUT2D eigenvalue weighted by Crippen LogP contribution is -2.48. The number of hydrogen-bond acceptors (Lipinski definition) is 3. The van der Waals surface area contributed by atoms with E-state index >= 15 is 0 Å². The number of ether oxygens (including phenoxy) is 1. The van der Waals surface area contributed by atoms with Crippen molar-refractivity contribution in [2.75, 3.05) is 13.1 Å². The number of carbonyl (C=O) groups is 2. The molecule has 5 nitrogen and oxygen atoms in total. The number of rotatable bonds is 4. The lowest BCUT2D eigenvalue weighted by molar-refractivity contribution is -0.150. The van der Waals surface area contributed by atoms with Gasteiger partial charge in [0.25, 0.3) is 5.91 Å². The van der Waals surface area contributed by atoms with Gasteiger partial charge in [0.05, 0.1) is 5.41 Å². The Morgan fingerprint density at radius 2 is 1.80 bits per heavy atom. The molecule has 5 heteroatoms. The summed E-state index contributed by atoms with van der Waals surface area (Å²) < 4.78 is 5.77. The van der Waals surface area contributed by atoms with E-state index in [-0.39, 0.29) is 12.5 Å². The minimum Gasteiger partial charge on any atom is -0.481 e. The van der Waals surface area contributed by atoms with Crippen LogP contribution in [-0.4, -0.2) is 35.0 Å². The summed E-state index contributed by atoms with van der Waals surface area (Å²) in [5.74, 6) is 0.260. The highest BCUT2D eigenvalue weighted by Crippen LogP contribution is 2.31. The molecule has 0 aliphatic carbocycles. The van der Waals surface area contributed by atoms with Crippen LogP contribution in [0.15, 0.2) is 54.6 Å². The third-order valence-electron chi connectivity index (χ3n) is 4.56. The zero-order valence-corrected chi connectivity index (χ0v) is 14.1. The number of para-hydroxylation sites is 1. The van der Waals surface area contributed by atoms with Crippen LogP contribution in [0.4, 0.5) is 0 Å². The summed E-state index contributed by atoms with van der Waals surface area (Å²) in [4.78, 5) is 25.9. The first-order chi connectivity index (χ1) is 12.0. The molecule has 0 bridgehead atoms. The lowest BCUT2D eigenvalue weighted by atomic mass is 9.82. The number of piperidine rings is 1. The topological polar surface area (TPSA) is 66.8 Å². The van der Waals surface area contributed by atoms with Gasteiger partial charge in [0.1, 0.15) is 11.5 Å². The number of benzene rings is 2. The maximum absolute atomic E-state index is 12.8. The van der Waals surface area contributed by atoms with E-state index < -0.39 is 11.4 Å². The maximum atomic E-state index is 12.8. The second kappa shape index (κ2) is 6.97. The van der Waals surface area contributed by atoms with Gasteiger partial charge in [0.2, 0.25) is 0 Å². The first-order valence-corrected chi connectivity index (χ1v) is 8.34. The van der Waals surface area contributed by atoms with Crippen LogP contribution in [0.2, 0.25) is 0 Å². The smallest absolute Gasteiger partial charge is 0.311 e. The van der Waals surface area contributed by atoms with Crippen LogP contribution in [0.25, 0.3) is 0 Å². The molecule has 0 spiro atoms. The molecule has 1 N–H and O–H groups in total. The van der Waals surface area contributed by atoms with Gasteiger partial charge in [-0.25, -0.2) is 0 Å². The van der Waals surface area contributed by atoms with Crippen LogP contribution in [0, 0.1) is 5.41 Å². The molecule has 1 aliphatic heterocycles. The summed E-state index contributed by atoms with van der Waals surface area (Å²) in [6.07, 6.45) is 1.28. The Labute approximate surface area is 146 Å². The summed E-state index contributed by atoms with van der Waals surface area (Å²) >= 11 is 0. The lowest BCUT2D eigenvalue weighted by Gasteiger charge is -2.37. The fourth-order valence-electron chi connectivity index (χ4n) is 3.09. The highest BCUT2D eigenvalue weighted by molar-refractivity contribution is 5.95. The number of likely N-dealkylation sites (tertiary alicyclic amines) is 1. The van der Waals surface area contributed by atoms with Gasteiger partial charge < -0.3 is 14.7 Å². The second-order valence-corrected chi connectivity index (χ2v) is 6.64. The quantitative estimate of drug-likeness (QED) is 0.920. The van der Waals surface area contributed by atoms with Crippen molar-refractivity contribution in [1.29, 1.82) is 0 Å². The first-order valence-electron chi connectivity index (χ1n) is 8.34. The molecule has 1 heterocycles. The molecule has 0 radical (unpaired) electrons. The summed E-state index contributed by atoms with van der Waals surface area (Å²) in [6.45, 7) is 2.50. The third kappa shape index (κ3) is 3.82. The molecule has 2 aromatic rings. The van der Waals surface area contributed by atoms with E-state index in [4.69, 9.17) is 4.74 Å². The van der Waals surface area contributed by atoms with Crippen molar-refractivity contribution >= 4 is 11.9 Å². The molecule has 130 valence electrons. The Balaban J connectivity index is 1.76. The highest BCUT2D eigenvalue weighted by atomic mass is 16.5. The van der Waals surface area contributed by atoms with E-state index in [9.17, 15) is 14.7 Å². The number of aliphatic carboxylic acids is 1. The first kappa shape index (κ1) is 17.0. The van der Waals surface area contributed by atoms with Crippen molar-refractivity contribution in [3.8, 4) is 11.5 Å². The van der Waals surface area contributed by atoms with Crippen LogP contribution in [-0.2, 0) is 4.79 Å². The number of carbonyl (C=O) groups excluding carboxylic acids is 1. The van der Waals surface area contributed by atoms with Gasteiger partial charge in [-0.2, -0.15) is 0 Å². The molecule has 1 fully saturated rings. The summed E-state index contributed by atoms with van der Waals surface area (Å²) in [7, 11) is 0. The zero-order chi connectivity index (χ0) is 17.9. The highest BCUT2D eigenvalue weighted by Gasteiger charge is 2.39. The fraction of sp³-hybridized carbons (Fsp3) is 0.300. The van der Waals surface area contributed by atoms with E-state index in [1.54, 1.807) is 36.1 Å². The predicted octanol–water partition coefficient (Wildman–Crippen LogP) is 3.81. The van der Waals surface area contributed by atoms with Crippen LogP contribution in [0.5, 0.6) is 11.5 Å². The SMILES string of the molecule is CC1(C(=O)O)CCCN(C(=O)c2cccc(Oc3ccccc3)c2)C1. The van der Waals surface area contributed by atoms with Crippen LogP contribution in [0.1, 0.15) is 30.1 Å². The monoisotopic (exact) mass is 339 g/mol. The number of carboxylic acids is 1. The minimum absolute atomic E-state index is 0.161. The van der Waals surface area contributed by atoms with E-state index in [2.05, 4.69) is 0 Å². The number of nitrogens with zero attached hydrogens (tertiary/aromatic N) is 1. The van der Waals surface area contributed by atoms with Crippen molar-refractivity contribution in [3.63, 3.8) is 0 Å². The number of carboxylic acid groups (broad SMARTS) is 1. The predicted molar refractivity (Wildman–Crippen MR) is 93.8 cm³/mol. The molecule has 1 saturated heterocycles. The Morgan fingerprint density at radius 3 is 2.52 bits per heavy atom. The molecule has 0 saturated carbocycles. The van der Waals surface area contributed by atoms with Gasteiger partial charge >= 0.3 is 5.97 Å². The molecule has 2 aromatic carbocycles. The summed E-state index contributed by atoms with van der Waals surface area (Å²) in [6, 6.07) is 16.3. The Bertz CT molecular complexity index is 774. The van der Waals surface area contributed by atoms with Gasteiger partial charge in [-0.15, -0.1) is 0 Å². The number of hydrogen-bond donors (Lipinski definition) is 1. The molecule has 1 aliphatic rings. The second-order valence-electron chi connectivity index (χ2n) is 6.64. The molecule has 3 rings (SSSR count). The van der Waals surface area contributed by atoms with Crippen LogP contribution in [0.3, 0.4) is 0 Å². The molecule has 1 unspecified atom stereocenters. The molecule has 1 atom stereocenters. The van der Waals surface area contributed by atoms with Crippen molar-refractivity contribution < 1.29 is 19.4 Å². The van der Waals surface area contributed by atoms with E-state index in [1.807, 2.05) is 30.3 Å². The summed E-state index contributed by atoms with van der Waals surface area (Å²) in [5.41, 5.74) is -0.380. The Kier molecular flexibility index (Phi) is 4.74. The van der Waals surface area contributed by atoms with Crippen LogP contribution >= 0.6 is 0 Å². The fourth-order valence-corrected chi connectivity index (χ4v) is 3.09. The van der Waals surface area contributed by atoms with Crippen molar-refractivity contribution in [2.45, 2.75) is 19.8 Å². The van der Waals surface area contributed by atoms with E-state index in [0.717, 1.165) is 0 Å². The molecule has 0 aromatic heterocycles. The Hall–Kier alpha value is -2.82. The van der Waals surface area contributed by atoms with Gasteiger partial charge in [0, 0.05) is 18.7 Å². The Morgan fingerprint density at radius 1 is 1.08 bits per heavy atom. The molecular formula is C20H21NO4. The van der Waals surface area contributed by atoms with Crippen molar-refractivity contribution in [3.05, 3.63) is 60.2 Å². The van der Waals surface area contributed by atoms with Gasteiger partial charge in [0.15, 0.2) is 0 Å². The van der Waals surface area contributed by atoms with E-state index in [1.165, 1.54) is 0 Å². The largest absolute Gasteiger partial charge is 0.481 e. The maximum Gasteiger partial charge on any atom is 0.311 e.